The van der Waals surface area contributed by atoms with Crippen LogP contribution in [-0.4, -0.2) is 23.0 Å². The molecule has 7 heteroatoms. The van der Waals surface area contributed by atoms with Gasteiger partial charge in [0.25, 0.3) is 5.69 Å². The van der Waals surface area contributed by atoms with E-state index in [4.69, 9.17) is 11.6 Å². The van der Waals surface area contributed by atoms with Gasteiger partial charge in [0.1, 0.15) is 11.5 Å². The maximum atomic E-state index is 13.3. The van der Waals surface area contributed by atoms with Crippen molar-refractivity contribution in [3.8, 4) is 0 Å². The summed E-state index contributed by atoms with van der Waals surface area (Å²) >= 11 is 7.23. The molecule has 1 atom stereocenters. The van der Waals surface area contributed by atoms with Crippen molar-refractivity contribution in [3.63, 3.8) is 0 Å². The van der Waals surface area contributed by atoms with Crippen LogP contribution in [0.2, 0.25) is 5.02 Å². The highest BCUT2D eigenvalue weighted by Crippen LogP contribution is 2.31. The van der Waals surface area contributed by atoms with Gasteiger partial charge in [-0.05, 0) is 25.4 Å². The Morgan fingerprint density at radius 1 is 1.61 bits per heavy atom. The van der Waals surface area contributed by atoms with E-state index in [-0.39, 0.29) is 22.4 Å². The van der Waals surface area contributed by atoms with Gasteiger partial charge >= 0.3 is 0 Å². The number of nitrogens with one attached hydrogen (secondary N) is 1. The summed E-state index contributed by atoms with van der Waals surface area (Å²) in [6, 6.07) is 2.12. The first-order chi connectivity index (χ1) is 8.45. The lowest BCUT2D eigenvalue weighted by Crippen LogP contribution is -2.17. The third-order valence-corrected chi connectivity index (χ3v) is 3.33. The van der Waals surface area contributed by atoms with Crippen molar-refractivity contribution in [3.05, 3.63) is 33.1 Å². The van der Waals surface area contributed by atoms with Crippen LogP contribution in [0.5, 0.6) is 0 Å². The molecule has 0 saturated carbocycles. The van der Waals surface area contributed by atoms with Crippen LogP contribution in [0.4, 0.5) is 15.8 Å². The summed E-state index contributed by atoms with van der Waals surface area (Å²) in [5.74, 6) is 0.264. The SMILES string of the molecule is CSCCC(C)Nc1cc(F)c(Cl)cc1[N+](=O)[O-]. The van der Waals surface area contributed by atoms with Gasteiger partial charge < -0.3 is 5.32 Å². The molecule has 0 amide bonds. The van der Waals surface area contributed by atoms with Gasteiger partial charge in [-0.1, -0.05) is 11.6 Å². The summed E-state index contributed by atoms with van der Waals surface area (Å²) < 4.78 is 13.3. The number of hydrogen-bond donors (Lipinski definition) is 1. The zero-order valence-electron chi connectivity index (χ0n) is 10.1. The number of rotatable bonds is 6. The lowest BCUT2D eigenvalue weighted by Gasteiger charge is -2.15. The molecule has 0 aromatic heterocycles. The zero-order valence-corrected chi connectivity index (χ0v) is 11.6. The van der Waals surface area contributed by atoms with Gasteiger partial charge in [-0.2, -0.15) is 11.8 Å². The van der Waals surface area contributed by atoms with Gasteiger partial charge in [-0.15, -0.1) is 0 Å². The molecule has 0 aliphatic carbocycles. The second kappa shape index (κ2) is 6.80. The molecule has 4 nitrogen and oxygen atoms in total. The molecule has 1 rings (SSSR count). The molecule has 0 aliphatic heterocycles. The van der Waals surface area contributed by atoms with Crippen molar-refractivity contribution in [1.82, 2.24) is 0 Å². The van der Waals surface area contributed by atoms with Gasteiger partial charge in [0.05, 0.1) is 9.95 Å². The molecule has 0 saturated heterocycles. The minimum atomic E-state index is -0.665. The van der Waals surface area contributed by atoms with E-state index >= 15 is 0 Å². The number of benzene rings is 1. The van der Waals surface area contributed by atoms with Gasteiger partial charge in [0.15, 0.2) is 0 Å². The Kier molecular flexibility index (Phi) is 5.68. The maximum absolute atomic E-state index is 13.3. The standard InChI is InChI=1S/C11H14ClFN2O2S/c1-7(3-4-18-2)14-10-6-9(13)8(12)5-11(10)15(16)17/h5-7,14H,3-4H2,1-2H3. The lowest BCUT2D eigenvalue weighted by molar-refractivity contribution is -0.384. The first kappa shape index (κ1) is 15.0. The van der Waals surface area contributed by atoms with Crippen molar-refractivity contribution in [2.75, 3.05) is 17.3 Å². The van der Waals surface area contributed by atoms with E-state index in [0.29, 0.717) is 0 Å². The Bertz CT molecular complexity index is 445. The van der Waals surface area contributed by atoms with Crippen molar-refractivity contribution >= 4 is 34.7 Å². The highest BCUT2D eigenvalue weighted by Gasteiger charge is 2.18. The predicted molar refractivity (Wildman–Crippen MR) is 74.1 cm³/mol. The van der Waals surface area contributed by atoms with Gasteiger partial charge in [0, 0.05) is 18.2 Å². The molecule has 0 heterocycles. The molecular weight excluding hydrogens is 279 g/mol. The predicted octanol–water partition coefficient (Wildman–Crippen LogP) is 3.94. The number of hydrogen-bond acceptors (Lipinski definition) is 4. The van der Waals surface area contributed by atoms with E-state index < -0.39 is 10.7 Å². The third kappa shape index (κ3) is 4.03. The lowest BCUT2D eigenvalue weighted by atomic mass is 10.2. The molecule has 0 fully saturated rings. The summed E-state index contributed by atoms with van der Waals surface area (Å²) in [7, 11) is 0. The molecule has 0 aliphatic rings. The summed E-state index contributed by atoms with van der Waals surface area (Å²) in [4.78, 5) is 10.3. The Balaban J connectivity index is 2.93. The molecule has 1 aromatic carbocycles. The molecule has 1 aromatic rings. The monoisotopic (exact) mass is 292 g/mol. The topological polar surface area (TPSA) is 55.2 Å². The number of nitrogens with zero attached hydrogens (tertiary/aromatic N) is 1. The van der Waals surface area contributed by atoms with E-state index in [1.165, 1.54) is 0 Å². The molecule has 0 radical (unpaired) electrons. The smallest absolute Gasteiger partial charge is 0.294 e. The summed E-state index contributed by atoms with van der Waals surface area (Å²) in [5, 5.41) is 13.6. The minimum absolute atomic E-state index is 0.0247. The highest BCUT2D eigenvalue weighted by atomic mass is 35.5. The van der Waals surface area contributed by atoms with E-state index in [1.807, 2.05) is 13.2 Å². The molecule has 1 unspecified atom stereocenters. The quantitative estimate of drug-likeness (QED) is 0.637. The number of thioether (sulfide) groups is 1. The summed E-state index contributed by atoms with van der Waals surface area (Å²) in [6.45, 7) is 1.90. The van der Waals surface area contributed by atoms with E-state index in [9.17, 15) is 14.5 Å². The maximum Gasteiger partial charge on any atom is 0.294 e. The normalized spacial score (nSPS) is 12.2. The second-order valence-corrected chi connectivity index (χ2v) is 5.26. The van der Waals surface area contributed by atoms with Gasteiger partial charge in [-0.3, -0.25) is 10.1 Å². The van der Waals surface area contributed by atoms with E-state index in [2.05, 4.69) is 5.32 Å². The number of anilines is 1. The van der Waals surface area contributed by atoms with E-state index in [0.717, 1.165) is 24.3 Å². The Hall–Kier alpha value is -1.01. The molecule has 0 bridgehead atoms. The molecule has 1 N–H and O–H groups in total. The summed E-state index contributed by atoms with van der Waals surface area (Å²) in [5.41, 5.74) is -0.0482. The van der Waals surface area contributed by atoms with Crippen LogP contribution in [0.15, 0.2) is 12.1 Å². The number of nitro benzene ring substituents is 1. The van der Waals surface area contributed by atoms with Gasteiger partial charge in [-0.25, -0.2) is 4.39 Å². The van der Waals surface area contributed by atoms with Crippen LogP contribution in [-0.2, 0) is 0 Å². The Morgan fingerprint density at radius 3 is 2.83 bits per heavy atom. The minimum Gasteiger partial charge on any atom is -0.377 e. The van der Waals surface area contributed by atoms with Crippen LogP contribution in [0, 0.1) is 15.9 Å². The fourth-order valence-electron chi connectivity index (χ4n) is 1.44. The van der Waals surface area contributed by atoms with Crippen LogP contribution in [0.1, 0.15) is 13.3 Å². The average molecular weight is 293 g/mol. The second-order valence-electron chi connectivity index (χ2n) is 3.87. The molecular formula is C11H14ClFN2O2S. The molecule has 100 valence electrons. The van der Waals surface area contributed by atoms with E-state index in [1.54, 1.807) is 11.8 Å². The summed E-state index contributed by atoms with van der Waals surface area (Å²) in [6.07, 6.45) is 2.82. The molecule has 18 heavy (non-hydrogen) atoms. The van der Waals surface area contributed by atoms with Crippen LogP contribution in [0.25, 0.3) is 0 Å². The Labute approximate surface area is 114 Å². The van der Waals surface area contributed by atoms with Crippen molar-refractivity contribution < 1.29 is 9.31 Å². The average Bonchev–Trinajstić information content (AvgIpc) is 2.30. The number of nitro groups is 1. The number of halogens is 2. The zero-order chi connectivity index (χ0) is 13.7. The fraction of sp³-hybridized carbons (Fsp3) is 0.455. The highest BCUT2D eigenvalue weighted by molar-refractivity contribution is 7.98. The van der Waals surface area contributed by atoms with Crippen molar-refractivity contribution in [1.29, 1.82) is 0 Å². The largest absolute Gasteiger partial charge is 0.377 e. The fourth-order valence-corrected chi connectivity index (χ4v) is 2.18. The van der Waals surface area contributed by atoms with Crippen LogP contribution < -0.4 is 5.32 Å². The van der Waals surface area contributed by atoms with Gasteiger partial charge in [0.2, 0.25) is 0 Å². The Morgan fingerprint density at radius 2 is 2.28 bits per heavy atom. The molecule has 0 spiro atoms. The third-order valence-electron chi connectivity index (χ3n) is 2.39. The van der Waals surface area contributed by atoms with Crippen molar-refractivity contribution in [2.24, 2.45) is 0 Å². The van der Waals surface area contributed by atoms with Crippen molar-refractivity contribution in [2.45, 2.75) is 19.4 Å². The van der Waals surface area contributed by atoms with Crippen LogP contribution >= 0.6 is 23.4 Å². The van der Waals surface area contributed by atoms with Crippen LogP contribution in [0.3, 0.4) is 0 Å². The first-order valence-corrected chi connectivity index (χ1v) is 7.11. The first-order valence-electron chi connectivity index (χ1n) is 5.34.